The van der Waals surface area contributed by atoms with Crippen LogP contribution in [0, 0.1) is 0 Å². The largest absolute Gasteiger partial charge is 0.454 e. The summed E-state index contributed by atoms with van der Waals surface area (Å²) in [6, 6.07) is 9.96. The first-order chi connectivity index (χ1) is 12.8. The van der Waals surface area contributed by atoms with Crippen LogP contribution < -0.4 is 14.8 Å². The smallest absolute Gasteiger partial charge is 0.231 e. The molecule has 6 nitrogen and oxygen atoms in total. The molecule has 0 unspecified atom stereocenters. The highest BCUT2D eigenvalue weighted by molar-refractivity contribution is 7.80. The minimum atomic E-state index is 0.280. The zero-order valence-corrected chi connectivity index (χ0v) is 15.4. The van der Waals surface area contributed by atoms with E-state index in [0.29, 0.717) is 0 Å². The summed E-state index contributed by atoms with van der Waals surface area (Å²) in [5, 5.41) is 4.09. The number of fused-ring (bicyclic) bond motifs is 1. The number of thiocarbonyl (C=S) groups is 1. The van der Waals surface area contributed by atoms with Gasteiger partial charge < -0.3 is 19.7 Å². The summed E-state index contributed by atoms with van der Waals surface area (Å²) in [6.07, 6.45) is 4.79. The molecule has 136 valence electrons. The number of rotatable bonds is 3. The number of hydrogen-bond donors (Lipinski definition) is 1. The lowest BCUT2D eigenvalue weighted by Gasteiger charge is -2.24. The summed E-state index contributed by atoms with van der Waals surface area (Å²) in [5.41, 5.74) is 2.23. The Balaban J connectivity index is 1.32. The Labute approximate surface area is 158 Å². The third kappa shape index (κ3) is 4.05. The molecule has 4 rings (SSSR count). The maximum atomic E-state index is 5.63. The number of aromatic nitrogens is 1. The van der Waals surface area contributed by atoms with Crippen LogP contribution in [0.3, 0.4) is 0 Å². The van der Waals surface area contributed by atoms with E-state index in [0.717, 1.165) is 61.4 Å². The molecule has 1 aromatic heterocycles. The first kappa shape index (κ1) is 17.1. The van der Waals surface area contributed by atoms with Gasteiger partial charge in [0.25, 0.3) is 0 Å². The molecule has 0 saturated carbocycles. The van der Waals surface area contributed by atoms with Gasteiger partial charge in [-0.25, -0.2) is 0 Å². The van der Waals surface area contributed by atoms with E-state index in [2.05, 4.69) is 32.2 Å². The fourth-order valence-electron chi connectivity index (χ4n) is 3.26. The molecule has 0 radical (unpaired) electrons. The molecule has 2 aliphatic rings. The minimum Gasteiger partial charge on any atom is -0.454 e. The van der Waals surface area contributed by atoms with Crippen molar-refractivity contribution in [1.29, 1.82) is 0 Å². The summed E-state index contributed by atoms with van der Waals surface area (Å²) in [4.78, 5) is 8.80. The van der Waals surface area contributed by atoms with Gasteiger partial charge >= 0.3 is 0 Å². The molecular weight excluding hydrogens is 348 g/mol. The van der Waals surface area contributed by atoms with Crippen LogP contribution >= 0.6 is 12.2 Å². The van der Waals surface area contributed by atoms with Gasteiger partial charge in [-0.2, -0.15) is 0 Å². The molecule has 1 N–H and O–H groups in total. The van der Waals surface area contributed by atoms with E-state index >= 15 is 0 Å². The van der Waals surface area contributed by atoms with Gasteiger partial charge in [0.05, 0.1) is 0 Å². The van der Waals surface area contributed by atoms with Gasteiger partial charge in [-0.15, -0.1) is 0 Å². The van der Waals surface area contributed by atoms with Crippen molar-refractivity contribution in [3.63, 3.8) is 0 Å². The number of benzene rings is 1. The predicted molar refractivity (Wildman–Crippen MR) is 104 cm³/mol. The van der Waals surface area contributed by atoms with Crippen LogP contribution in [0.25, 0.3) is 0 Å². The van der Waals surface area contributed by atoms with Crippen molar-refractivity contribution in [2.24, 2.45) is 0 Å². The van der Waals surface area contributed by atoms with Crippen molar-refractivity contribution in [2.75, 3.05) is 38.3 Å². The number of pyridine rings is 1. The number of anilines is 1. The summed E-state index contributed by atoms with van der Waals surface area (Å²) in [7, 11) is 0. The summed E-state index contributed by atoms with van der Waals surface area (Å²) < 4.78 is 10.8. The van der Waals surface area contributed by atoms with Crippen LogP contribution in [-0.2, 0) is 6.54 Å². The van der Waals surface area contributed by atoms with Crippen molar-refractivity contribution in [3.05, 3.63) is 48.3 Å². The molecule has 7 heteroatoms. The summed E-state index contributed by atoms with van der Waals surface area (Å²) in [6.45, 7) is 5.18. The first-order valence-corrected chi connectivity index (χ1v) is 9.25. The van der Waals surface area contributed by atoms with E-state index in [4.69, 9.17) is 21.7 Å². The normalized spacial score (nSPS) is 17.0. The third-order valence-electron chi connectivity index (χ3n) is 4.66. The minimum absolute atomic E-state index is 0.280. The fraction of sp³-hybridized carbons (Fsp3) is 0.368. The summed E-state index contributed by atoms with van der Waals surface area (Å²) in [5.74, 6) is 1.54. The van der Waals surface area contributed by atoms with Gasteiger partial charge in [0.1, 0.15) is 0 Å². The molecule has 2 aromatic rings. The number of hydrogen-bond acceptors (Lipinski definition) is 5. The highest BCUT2D eigenvalue weighted by Crippen LogP contribution is 2.34. The lowest BCUT2D eigenvalue weighted by molar-refractivity contribution is 0.174. The van der Waals surface area contributed by atoms with E-state index in [9.17, 15) is 0 Å². The molecule has 1 saturated heterocycles. The molecule has 3 heterocycles. The Morgan fingerprint density at radius 3 is 2.77 bits per heavy atom. The van der Waals surface area contributed by atoms with Crippen LogP contribution in [-0.4, -0.2) is 52.9 Å². The van der Waals surface area contributed by atoms with Gasteiger partial charge in [0.2, 0.25) is 6.79 Å². The Hall–Kier alpha value is -2.38. The second-order valence-corrected chi connectivity index (χ2v) is 6.86. The Bertz CT molecular complexity index is 771. The molecular formula is C19H22N4O2S. The second kappa shape index (κ2) is 7.88. The Kier molecular flexibility index (Phi) is 5.17. The molecule has 2 aliphatic heterocycles. The Morgan fingerprint density at radius 2 is 1.88 bits per heavy atom. The standard InChI is InChI=1S/C19H22N4O2S/c26-19(21-16-2-3-17-18(12-16)25-14-24-17)23-9-1-8-22(10-11-23)13-15-4-6-20-7-5-15/h2-7,12H,1,8-11,13-14H2,(H,21,26). The lowest BCUT2D eigenvalue weighted by atomic mass is 10.2. The molecule has 1 fully saturated rings. The van der Waals surface area contributed by atoms with Gasteiger partial charge in [0, 0.05) is 56.9 Å². The topological polar surface area (TPSA) is 49.9 Å². The highest BCUT2D eigenvalue weighted by atomic mass is 32.1. The van der Waals surface area contributed by atoms with E-state index in [1.165, 1.54) is 5.56 Å². The van der Waals surface area contributed by atoms with E-state index in [-0.39, 0.29) is 6.79 Å². The van der Waals surface area contributed by atoms with E-state index in [1.54, 1.807) is 0 Å². The quantitative estimate of drug-likeness (QED) is 0.834. The molecule has 1 aromatic carbocycles. The van der Waals surface area contributed by atoms with Gasteiger partial charge in [-0.05, 0) is 48.5 Å². The van der Waals surface area contributed by atoms with Crippen LogP contribution in [0.2, 0.25) is 0 Å². The molecule has 0 bridgehead atoms. The third-order valence-corrected chi connectivity index (χ3v) is 5.02. The van der Waals surface area contributed by atoms with Gasteiger partial charge in [-0.3, -0.25) is 9.88 Å². The first-order valence-electron chi connectivity index (χ1n) is 8.85. The average Bonchev–Trinajstić information content (AvgIpc) is 3.00. The number of nitrogens with one attached hydrogen (secondary N) is 1. The second-order valence-electron chi connectivity index (χ2n) is 6.47. The van der Waals surface area contributed by atoms with Crippen molar-refractivity contribution in [3.8, 4) is 11.5 Å². The maximum absolute atomic E-state index is 5.63. The fourth-order valence-corrected chi connectivity index (χ4v) is 3.56. The number of ether oxygens (including phenoxy) is 2. The molecule has 0 atom stereocenters. The van der Waals surface area contributed by atoms with Crippen LogP contribution in [0.15, 0.2) is 42.7 Å². The van der Waals surface area contributed by atoms with E-state index in [1.807, 2.05) is 30.6 Å². The van der Waals surface area contributed by atoms with Crippen molar-refractivity contribution >= 4 is 23.0 Å². The van der Waals surface area contributed by atoms with Crippen molar-refractivity contribution < 1.29 is 9.47 Å². The molecule has 26 heavy (non-hydrogen) atoms. The number of nitrogens with zero attached hydrogens (tertiary/aromatic N) is 3. The zero-order chi connectivity index (χ0) is 17.8. The van der Waals surface area contributed by atoms with Crippen LogP contribution in [0.1, 0.15) is 12.0 Å². The van der Waals surface area contributed by atoms with Crippen LogP contribution in [0.5, 0.6) is 11.5 Å². The summed E-state index contributed by atoms with van der Waals surface area (Å²) >= 11 is 5.63. The average molecular weight is 370 g/mol. The SMILES string of the molecule is S=C(Nc1ccc2c(c1)OCO2)N1CCCN(Cc2ccncc2)CC1. The zero-order valence-electron chi connectivity index (χ0n) is 14.6. The van der Waals surface area contributed by atoms with Gasteiger partial charge in [-0.1, -0.05) is 0 Å². The predicted octanol–water partition coefficient (Wildman–Crippen LogP) is 2.72. The Morgan fingerprint density at radius 1 is 1.04 bits per heavy atom. The van der Waals surface area contributed by atoms with E-state index < -0.39 is 0 Å². The molecule has 0 spiro atoms. The highest BCUT2D eigenvalue weighted by Gasteiger charge is 2.18. The maximum Gasteiger partial charge on any atom is 0.231 e. The molecule has 0 aliphatic carbocycles. The van der Waals surface area contributed by atoms with Crippen LogP contribution in [0.4, 0.5) is 5.69 Å². The van der Waals surface area contributed by atoms with Crippen molar-refractivity contribution in [1.82, 2.24) is 14.8 Å². The monoisotopic (exact) mass is 370 g/mol. The van der Waals surface area contributed by atoms with Crippen molar-refractivity contribution in [2.45, 2.75) is 13.0 Å². The lowest BCUT2D eigenvalue weighted by Crippen LogP contribution is -2.37. The van der Waals surface area contributed by atoms with Gasteiger partial charge in [0.15, 0.2) is 16.6 Å². The molecule has 0 amide bonds.